The molecule has 1 nitrogen and oxygen atoms in total. The summed E-state index contributed by atoms with van der Waals surface area (Å²) in [7, 11) is 0. The summed E-state index contributed by atoms with van der Waals surface area (Å²) in [6, 6.07) is 5.89. The fourth-order valence-corrected chi connectivity index (χ4v) is 1.36. The molecule has 1 heterocycles. The van der Waals surface area contributed by atoms with Crippen LogP contribution in [0.2, 0.25) is 5.02 Å². The number of rotatable bonds is 0. The zero-order valence-electron chi connectivity index (χ0n) is 5.47. The van der Waals surface area contributed by atoms with Crippen LogP contribution in [0.1, 0.15) is 5.56 Å². The van der Waals surface area contributed by atoms with E-state index < -0.39 is 0 Å². The Bertz CT molecular complexity index is 257. The highest BCUT2D eigenvalue weighted by Gasteiger charge is 2.10. The van der Waals surface area contributed by atoms with Crippen LogP contribution in [0, 0.1) is 0 Å². The smallest absolute Gasteiger partial charge is 0.0621 e. The predicted octanol–water partition coefficient (Wildman–Crippen LogP) is 2.13. The first-order valence-electron chi connectivity index (χ1n) is 3.32. The molecule has 0 aliphatic carbocycles. The summed E-state index contributed by atoms with van der Waals surface area (Å²) in [5.74, 6) is 0. The second-order valence-electron chi connectivity index (χ2n) is 2.40. The molecule has 1 radical (unpaired) electrons. The number of nitrogens with zero attached hydrogens (tertiary/aromatic N) is 1. The molecule has 2 rings (SSSR count). The molecule has 0 aromatic heterocycles. The summed E-state index contributed by atoms with van der Waals surface area (Å²) in [6.07, 6.45) is 1.08. The van der Waals surface area contributed by atoms with Gasteiger partial charge in [-0.3, -0.25) is 5.32 Å². The Morgan fingerprint density at radius 2 is 2.30 bits per heavy atom. The number of hydrogen-bond donors (Lipinski definition) is 0. The first-order valence-corrected chi connectivity index (χ1v) is 3.70. The van der Waals surface area contributed by atoms with Crippen LogP contribution in [-0.4, -0.2) is 6.54 Å². The third-order valence-electron chi connectivity index (χ3n) is 1.71. The third kappa shape index (κ3) is 0.868. The molecule has 1 aromatic carbocycles. The molecule has 51 valence electrons. The van der Waals surface area contributed by atoms with E-state index in [2.05, 4.69) is 5.32 Å². The van der Waals surface area contributed by atoms with Crippen molar-refractivity contribution in [1.82, 2.24) is 5.32 Å². The summed E-state index contributed by atoms with van der Waals surface area (Å²) in [5.41, 5.74) is 2.40. The average molecular weight is 153 g/mol. The van der Waals surface area contributed by atoms with Crippen LogP contribution in [0.4, 0.5) is 5.69 Å². The predicted molar refractivity (Wildman–Crippen MR) is 41.8 cm³/mol. The quantitative estimate of drug-likeness (QED) is 0.541. The van der Waals surface area contributed by atoms with Gasteiger partial charge in [0.15, 0.2) is 0 Å². The van der Waals surface area contributed by atoms with Gasteiger partial charge < -0.3 is 0 Å². The normalized spacial score (nSPS) is 14.5. The summed E-state index contributed by atoms with van der Waals surface area (Å²) in [6.45, 7) is 0.926. The van der Waals surface area contributed by atoms with E-state index in [9.17, 15) is 0 Å². The van der Waals surface area contributed by atoms with Gasteiger partial charge in [-0.05, 0) is 24.1 Å². The fraction of sp³-hybridized carbons (Fsp3) is 0.250. The van der Waals surface area contributed by atoms with Crippen molar-refractivity contribution in [2.75, 3.05) is 6.54 Å². The largest absolute Gasteiger partial charge is 0.285 e. The van der Waals surface area contributed by atoms with Crippen LogP contribution in [0.25, 0.3) is 0 Å². The maximum Gasteiger partial charge on any atom is 0.0621 e. The Morgan fingerprint density at radius 1 is 1.40 bits per heavy atom. The molecule has 2 heteroatoms. The van der Waals surface area contributed by atoms with E-state index in [0.717, 1.165) is 23.7 Å². The van der Waals surface area contributed by atoms with E-state index in [1.165, 1.54) is 5.56 Å². The molecule has 0 saturated heterocycles. The fourth-order valence-electron chi connectivity index (χ4n) is 1.19. The number of fused-ring (bicyclic) bond motifs is 1. The molecule has 1 aliphatic rings. The summed E-state index contributed by atoms with van der Waals surface area (Å²) in [4.78, 5) is 0. The summed E-state index contributed by atoms with van der Waals surface area (Å²) >= 11 is 5.76. The van der Waals surface area contributed by atoms with Gasteiger partial charge >= 0.3 is 0 Å². The topological polar surface area (TPSA) is 14.1 Å². The number of hydrogen-bond acceptors (Lipinski definition) is 0. The van der Waals surface area contributed by atoms with Gasteiger partial charge in [0.2, 0.25) is 0 Å². The second-order valence-corrected chi connectivity index (χ2v) is 2.84. The monoisotopic (exact) mass is 152 g/mol. The standard InChI is InChI=1S/C8H7ClN/c9-7-2-1-6-3-4-10-8(6)5-7/h1-2,5H,3-4H2. The molecule has 0 fully saturated rings. The Hall–Kier alpha value is -0.690. The lowest BCUT2D eigenvalue weighted by molar-refractivity contribution is 0.909. The maximum absolute atomic E-state index is 5.76. The van der Waals surface area contributed by atoms with Crippen LogP contribution in [0.3, 0.4) is 0 Å². The number of halogens is 1. The van der Waals surface area contributed by atoms with Crippen molar-refractivity contribution in [2.45, 2.75) is 6.42 Å². The van der Waals surface area contributed by atoms with Crippen LogP contribution in [0.5, 0.6) is 0 Å². The van der Waals surface area contributed by atoms with Crippen molar-refractivity contribution in [3.8, 4) is 0 Å². The maximum atomic E-state index is 5.76. The van der Waals surface area contributed by atoms with Crippen molar-refractivity contribution in [3.05, 3.63) is 28.8 Å². The average Bonchev–Trinajstić information content (AvgIpc) is 2.33. The van der Waals surface area contributed by atoms with Crippen molar-refractivity contribution >= 4 is 17.3 Å². The van der Waals surface area contributed by atoms with E-state index in [1.807, 2.05) is 18.2 Å². The Balaban J connectivity index is 2.52. The van der Waals surface area contributed by atoms with E-state index >= 15 is 0 Å². The highest BCUT2D eigenvalue weighted by molar-refractivity contribution is 6.30. The van der Waals surface area contributed by atoms with Crippen molar-refractivity contribution in [2.24, 2.45) is 0 Å². The van der Waals surface area contributed by atoms with Gasteiger partial charge in [0.1, 0.15) is 0 Å². The first-order chi connectivity index (χ1) is 4.86. The molecule has 0 saturated carbocycles. The summed E-state index contributed by atoms with van der Waals surface area (Å²) < 4.78 is 0. The lowest BCUT2D eigenvalue weighted by Crippen LogP contribution is -1.88. The molecule has 0 unspecified atom stereocenters. The molecule has 0 amide bonds. The van der Waals surface area contributed by atoms with E-state index in [1.54, 1.807) is 0 Å². The second kappa shape index (κ2) is 2.17. The number of benzene rings is 1. The van der Waals surface area contributed by atoms with Crippen molar-refractivity contribution in [1.29, 1.82) is 0 Å². The van der Waals surface area contributed by atoms with E-state index in [4.69, 9.17) is 11.6 Å². The summed E-state index contributed by atoms with van der Waals surface area (Å²) in [5, 5.41) is 5.06. The van der Waals surface area contributed by atoms with Gasteiger partial charge in [-0.15, -0.1) is 0 Å². The Kier molecular flexibility index (Phi) is 1.31. The van der Waals surface area contributed by atoms with Gasteiger partial charge in [-0.25, -0.2) is 0 Å². The molecule has 0 bridgehead atoms. The van der Waals surface area contributed by atoms with Gasteiger partial charge in [-0.1, -0.05) is 17.7 Å². The molecule has 1 aliphatic heterocycles. The van der Waals surface area contributed by atoms with Gasteiger partial charge in [-0.2, -0.15) is 0 Å². The lowest BCUT2D eigenvalue weighted by Gasteiger charge is -1.95. The molecule has 1 aromatic rings. The Labute approximate surface area is 65.0 Å². The van der Waals surface area contributed by atoms with E-state index in [0.29, 0.717) is 0 Å². The molecule has 0 N–H and O–H groups in total. The van der Waals surface area contributed by atoms with Crippen molar-refractivity contribution in [3.63, 3.8) is 0 Å². The molecule has 10 heavy (non-hydrogen) atoms. The minimum atomic E-state index is 0.782. The molecular weight excluding hydrogens is 146 g/mol. The third-order valence-corrected chi connectivity index (χ3v) is 1.95. The highest BCUT2D eigenvalue weighted by atomic mass is 35.5. The molecule has 0 atom stereocenters. The van der Waals surface area contributed by atoms with Gasteiger partial charge in [0, 0.05) is 11.6 Å². The molecule has 0 spiro atoms. The van der Waals surface area contributed by atoms with Crippen LogP contribution < -0.4 is 5.32 Å². The highest BCUT2D eigenvalue weighted by Crippen LogP contribution is 2.25. The van der Waals surface area contributed by atoms with Crippen LogP contribution >= 0.6 is 11.6 Å². The van der Waals surface area contributed by atoms with Gasteiger partial charge in [0.05, 0.1) is 5.69 Å². The minimum Gasteiger partial charge on any atom is -0.285 e. The zero-order chi connectivity index (χ0) is 6.97. The zero-order valence-corrected chi connectivity index (χ0v) is 6.23. The van der Waals surface area contributed by atoms with Crippen LogP contribution in [-0.2, 0) is 6.42 Å². The minimum absolute atomic E-state index is 0.782. The Morgan fingerprint density at radius 3 is 3.20 bits per heavy atom. The van der Waals surface area contributed by atoms with E-state index in [-0.39, 0.29) is 0 Å². The molecular formula is C8H7ClN. The lowest BCUT2D eigenvalue weighted by atomic mass is 10.2. The SMILES string of the molecule is Clc1ccc2c(c1)[N]CC2. The van der Waals surface area contributed by atoms with Gasteiger partial charge in [0.25, 0.3) is 0 Å². The van der Waals surface area contributed by atoms with Crippen LogP contribution in [0.15, 0.2) is 18.2 Å². The van der Waals surface area contributed by atoms with Crippen molar-refractivity contribution < 1.29 is 0 Å². The first kappa shape index (κ1) is 6.05.